The minimum absolute atomic E-state index is 0.0563. The van der Waals surface area contributed by atoms with Gasteiger partial charge in [-0.2, -0.15) is 26.3 Å². The van der Waals surface area contributed by atoms with Crippen LogP contribution in [0.4, 0.5) is 30.7 Å². The van der Waals surface area contributed by atoms with Crippen molar-refractivity contribution in [1.29, 1.82) is 0 Å². The number of halogens is 7. The molecule has 1 N–H and O–H groups in total. The smallest absolute Gasteiger partial charge is 0.351 e. The fraction of sp³-hybridized carbons (Fsp3) is 0.406. The molecule has 0 radical (unpaired) electrons. The normalized spacial score (nSPS) is 20.0. The molecule has 224 valence electrons. The van der Waals surface area contributed by atoms with Gasteiger partial charge in [0.25, 0.3) is 0 Å². The van der Waals surface area contributed by atoms with Gasteiger partial charge in [0.2, 0.25) is 5.91 Å². The first-order chi connectivity index (χ1) is 19.9. The van der Waals surface area contributed by atoms with Crippen molar-refractivity contribution in [3.05, 3.63) is 106 Å². The average Bonchev–Trinajstić information content (AvgIpc) is 2.95. The zero-order chi connectivity index (χ0) is 30.1. The zero-order valence-corrected chi connectivity index (χ0v) is 22.7. The quantitative estimate of drug-likeness (QED) is 0.285. The molecule has 3 aromatic carbocycles. The summed E-state index contributed by atoms with van der Waals surface area (Å²) in [5.74, 6) is -0.800. The highest BCUT2D eigenvalue weighted by Gasteiger charge is 2.37. The van der Waals surface area contributed by atoms with E-state index >= 15 is 0 Å². The highest BCUT2D eigenvalue weighted by molar-refractivity contribution is 5.83. The van der Waals surface area contributed by atoms with Crippen LogP contribution in [-0.4, -0.2) is 30.4 Å². The van der Waals surface area contributed by atoms with E-state index in [1.54, 1.807) is 0 Å². The Morgan fingerprint density at radius 3 is 2.24 bits per heavy atom. The minimum atomic E-state index is -4.98. The molecule has 3 nitrogen and oxygen atoms in total. The van der Waals surface area contributed by atoms with Gasteiger partial charge in [-0.1, -0.05) is 36.4 Å². The van der Waals surface area contributed by atoms with Gasteiger partial charge in [-0.3, -0.25) is 4.79 Å². The summed E-state index contributed by atoms with van der Waals surface area (Å²) in [4.78, 5) is 15.6. The number of carbonyl (C=O) groups excluding carboxylic acids is 1. The number of rotatable bonds is 7. The van der Waals surface area contributed by atoms with Gasteiger partial charge < -0.3 is 10.2 Å². The Morgan fingerprint density at radius 1 is 0.905 bits per heavy atom. The highest BCUT2D eigenvalue weighted by Crippen LogP contribution is 2.42. The Bertz CT molecular complexity index is 1370. The largest absolute Gasteiger partial charge is 0.416 e. The zero-order valence-electron chi connectivity index (χ0n) is 22.7. The molecule has 0 bridgehead atoms. The molecule has 10 heteroatoms. The molecule has 0 unspecified atom stereocenters. The van der Waals surface area contributed by atoms with E-state index in [-0.39, 0.29) is 11.6 Å². The Morgan fingerprint density at radius 2 is 1.57 bits per heavy atom. The van der Waals surface area contributed by atoms with E-state index in [2.05, 4.69) is 34.5 Å². The second-order valence-electron chi connectivity index (χ2n) is 11.2. The van der Waals surface area contributed by atoms with Crippen LogP contribution >= 0.6 is 0 Å². The van der Waals surface area contributed by atoms with Crippen LogP contribution < -0.4 is 5.32 Å². The third-order valence-electron chi connectivity index (χ3n) is 8.49. The predicted octanol–water partition coefficient (Wildman–Crippen LogP) is 7.71. The van der Waals surface area contributed by atoms with Crippen LogP contribution in [0.25, 0.3) is 0 Å². The van der Waals surface area contributed by atoms with E-state index < -0.39 is 47.7 Å². The molecule has 1 saturated heterocycles. The molecule has 1 fully saturated rings. The fourth-order valence-corrected chi connectivity index (χ4v) is 6.37. The van der Waals surface area contributed by atoms with Gasteiger partial charge in [-0.25, -0.2) is 4.39 Å². The van der Waals surface area contributed by atoms with E-state index in [9.17, 15) is 35.5 Å². The fourth-order valence-electron chi connectivity index (χ4n) is 6.37. The molecular weight excluding hydrogens is 561 g/mol. The van der Waals surface area contributed by atoms with Crippen molar-refractivity contribution in [3.8, 4) is 0 Å². The number of carbonyl (C=O) groups is 1. The summed E-state index contributed by atoms with van der Waals surface area (Å²) in [5, 5.41) is 2.53. The van der Waals surface area contributed by atoms with Gasteiger partial charge in [-0.05, 0) is 103 Å². The van der Waals surface area contributed by atoms with E-state index in [0.717, 1.165) is 32.4 Å². The van der Waals surface area contributed by atoms with Crippen LogP contribution in [0.5, 0.6) is 0 Å². The number of fused-ring (bicyclic) bond motifs is 3. The monoisotopic (exact) mass is 592 g/mol. The molecule has 1 heterocycles. The summed E-state index contributed by atoms with van der Waals surface area (Å²) in [6.45, 7) is 1.78. The van der Waals surface area contributed by atoms with Crippen LogP contribution in [0.2, 0.25) is 0 Å². The number of amides is 1. The molecule has 0 saturated carbocycles. The van der Waals surface area contributed by atoms with E-state index in [1.807, 2.05) is 0 Å². The van der Waals surface area contributed by atoms with Gasteiger partial charge in [0.05, 0.1) is 17.0 Å². The van der Waals surface area contributed by atoms with Gasteiger partial charge in [0, 0.05) is 13.1 Å². The predicted molar refractivity (Wildman–Crippen MR) is 144 cm³/mol. The Hall–Kier alpha value is -3.40. The number of alkyl halides is 6. The summed E-state index contributed by atoms with van der Waals surface area (Å²) < 4.78 is 93.3. The number of likely N-dealkylation sites (tertiary alicyclic amines) is 1. The molecule has 42 heavy (non-hydrogen) atoms. The molecule has 5 rings (SSSR count). The molecule has 1 amide bonds. The first-order valence-electron chi connectivity index (χ1n) is 14.0. The lowest BCUT2D eigenvalue weighted by Gasteiger charge is -2.42. The van der Waals surface area contributed by atoms with E-state index in [0.29, 0.717) is 42.5 Å². The first kappa shape index (κ1) is 30.1. The van der Waals surface area contributed by atoms with Gasteiger partial charge in [0.1, 0.15) is 5.82 Å². The number of hydrogen-bond acceptors (Lipinski definition) is 2. The van der Waals surface area contributed by atoms with Crippen molar-refractivity contribution >= 4 is 5.91 Å². The van der Waals surface area contributed by atoms with Crippen LogP contribution in [-0.2, 0) is 30.1 Å². The third-order valence-corrected chi connectivity index (χ3v) is 8.49. The summed E-state index contributed by atoms with van der Waals surface area (Å²) in [7, 11) is 0. The second-order valence-corrected chi connectivity index (χ2v) is 11.2. The second kappa shape index (κ2) is 12.1. The van der Waals surface area contributed by atoms with Crippen molar-refractivity contribution in [2.45, 2.75) is 56.4 Å². The number of nitrogens with one attached hydrogen (secondary N) is 1. The van der Waals surface area contributed by atoms with E-state index in [4.69, 9.17) is 0 Å². The topological polar surface area (TPSA) is 32.3 Å². The van der Waals surface area contributed by atoms with Gasteiger partial charge in [-0.15, -0.1) is 0 Å². The number of aryl methyl sites for hydroxylation is 1. The lowest BCUT2D eigenvalue weighted by molar-refractivity contribution is -0.143. The number of hydrogen-bond donors (Lipinski definition) is 1. The standard InChI is InChI=1S/C32H31F7N2O/c33-26-9-7-22(8-10-26)29(12-14-41-13-11-28-23(19-41)6-5-21-3-1-2-4-27(21)28)30(42)40-18-20-15-24(31(34,35)36)17-25(16-20)32(37,38)39/h1-4,7-10,15-17,23,28-29H,5-6,11-14,18-19H2,(H,40,42)/t23-,28-,29-/m0/s1. The Balaban J connectivity index is 1.28. The molecule has 1 aliphatic heterocycles. The molecular formula is C32H31F7N2O. The maximum Gasteiger partial charge on any atom is 0.416 e. The molecule has 0 aromatic heterocycles. The molecule has 3 atom stereocenters. The van der Waals surface area contributed by atoms with Gasteiger partial charge in [0.15, 0.2) is 0 Å². The first-order valence-corrected chi connectivity index (χ1v) is 14.0. The summed E-state index contributed by atoms with van der Waals surface area (Å²) in [6.07, 6.45) is -6.50. The molecule has 1 aliphatic carbocycles. The number of benzene rings is 3. The van der Waals surface area contributed by atoms with Crippen molar-refractivity contribution < 1.29 is 35.5 Å². The minimum Gasteiger partial charge on any atom is -0.351 e. The maximum absolute atomic E-state index is 13.6. The Labute approximate surface area is 239 Å². The van der Waals surface area contributed by atoms with Crippen LogP contribution in [0.15, 0.2) is 66.7 Å². The van der Waals surface area contributed by atoms with Crippen LogP contribution in [0, 0.1) is 11.7 Å². The summed E-state index contributed by atoms with van der Waals surface area (Å²) >= 11 is 0. The lowest BCUT2D eigenvalue weighted by Crippen LogP contribution is -2.42. The van der Waals surface area contributed by atoms with Crippen molar-refractivity contribution in [1.82, 2.24) is 10.2 Å². The number of piperidine rings is 1. The van der Waals surface area contributed by atoms with Gasteiger partial charge >= 0.3 is 12.4 Å². The number of nitrogens with zero attached hydrogens (tertiary/aromatic N) is 1. The van der Waals surface area contributed by atoms with Crippen LogP contribution in [0.3, 0.4) is 0 Å². The SMILES string of the molecule is O=C(NCc1cc(C(F)(F)F)cc(C(F)(F)F)c1)[C@@H](CCN1CC[C@@H]2c3ccccc3CC[C@H]2C1)c1ccc(F)cc1. The van der Waals surface area contributed by atoms with E-state index in [1.165, 1.54) is 35.4 Å². The van der Waals surface area contributed by atoms with Crippen molar-refractivity contribution in [3.63, 3.8) is 0 Å². The summed E-state index contributed by atoms with van der Waals surface area (Å²) in [6, 6.07) is 15.2. The molecule has 2 aliphatic rings. The molecule has 0 spiro atoms. The average molecular weight is 593 g/mol. The molecule has 3 aromatic rings. The Kier molecular flexibility index (Phi) is 8.64. The van der Waals surface area contributed by atoms with Crippen molar-refractivity contribution in [2.75, 3.05) is 19.6 Å². The third kappa shape index (κ3) is 6.97. The van der Waals surface area contributed by atoms with Crippen LogP contribution in [0.1, 0.15) is 64.5 Å². The lowest BCUT2D eigenvalue weighted by atomic mass is 9.71. The maximum atomic E-state index is 13.6. The highest BCUT2D eigenvalue weighted by atomic mass is 19.4. The van der Waals surface area contributed by atoms with Crippen molar-refractivity contribution in [2.24, 2.45) is 5.92 Å². The summed E-state index contributed by atoms with van der Waals surface area (Å²) in [5.41, 5.74) is 0.151.